The molecule has 0 unspecified atom stereocenters. The monoisotopic (exact) mass is 522 g/mol. The van der Waals surface area contributed by atoms with E-state index in [0.29, 0.717) is 17.2 Å². The molecule has 0 bridgehead atoms. The lowest BCUT2D eigenvalue weighted by Crippen LogP contribution is -2.39. The molecule has 2 fully saturated rings. The van der Waals surface area contributed by atoms with Crippen LogP contribution in [0, 0.1) is 5.92 Å². The molecule has 0 radical (unpaired) electrons. The third kappa shape index (κ3) is 4.00. The van der Waals surface area contributed by atoms with Crippen LogP contribution in [0.5, 0.6) is 0 Å². The number of nitrogens with zero attached hydrogens (tertiary/aromatic N) is 3. The molecule has 2 aliphatic heterocycles. The molecule has 2 aliphatic rings. The van der Waals surface area contributed by atoms with Crippen molar-refractivity contribution in [2.24, 2.45) is 5.92 Å². The lowest BCUT2D eigenvalue weighted by molar-refractivity contribution is -0.169. The van der Waals surface area contributed by atoms with Gasteiger partial charge in [0.2, 0.25) is 5.91 Å². The summed E-state index contributed by atoms with van der Waals surface area (Å²) >= 11 is 5.89. The third-order valence-electron chi connectivity index (χ3n) is 6.22. The molecule has 3 aromatic rings. The van der Waals surface area contributed by atoms with Gasteiger partial charge in [-0.2, -0.15) is 18.2 Å². The molecule has 1 N–H and O–H groups in total. The van der Waals surface area contributed by atoms with Crippen LogP contribution in [0.25, 0.3) is 11.0 Å². The van der Waals surface area contributed by atoms with Gasteiger partial charge in [0.15, 0.2) is 11.5 Å². The lowest BCUT2D eigenvalue weighted by atomic mass is 9.91. The van der Waals surface area contributed by atoms with Crippen molar-refractivity contribution >= 4 is 40.2 Å². The van der Waals surface area contributed by atoms with E-state index in [2.05, 4.69) is 10.3 Å². The van der Waals surface area contributed by atoms with E-state index in [0.717, 1.165) is 11.0 Å². The van der Waals surface area contributed by atoms with Crippen molar-refractivity contribution in [3.8, 4) is 0 Å². The van der Waals surface area contributed by atoms with Crippen molar-refractivity contribution in [1.82, 2.24) is 14.9 Å². The number of halogens is 4. The number of hydrogen-bond donors (Lipinski definition) is 1. The highest BCUT2D eigenvalue weighted by Crippen LogP contribution is 2.43. The first-order valence-electron chi connectivity index (χ1n) is 10.8. The molecule has 5 rings (SSSR count). The molecular formula is C23H18ClF3N4O5. The van der Waals surface area contributed by atoms with Crippen LogP contribution >= 0.6 is 11.6 Å². The summed E-state index contributed by atoms with van der Waals surface area (Å²) in [6.45, 7) is -0.135. The number of imide groups is 1. The van der Waals surface area contributed by atoms with E-state index in [9.17, 15) is 27.6 Å². The molecular weight excluding hydrogens is 505 g/mol. The van der Waals surface area contributed by atoms with Gasteiger partial charge >= 0.3 is 6.18 Å². The number of carbonyl (C=O) groups is 2. The number of alkyl halides is 3. The first-order chi connectivity index (χ1) is 17.1. The molecule has 188 valence electrons. The maximum absolute atomic E-state index is 13.2. The van der Waals surface area contributed by atoms with Gasteiger partial charge in [0, 0.05) is 26.3 Å². The highest BCUT2D eigenvalue weighted by molar-refractivity contribution is 6.33. The number of nitrogens with one attached hydrogen (secondary N) is 1. The second kappa shape index (κ2) is 8.87. The van der Waals surface area contributed by atoms with E-state index in [4.69, 9.17) is 20.9 Å². The number of rotatable bonds is 5. The van der Waals surface area contributed by atoms with Crippen LogP contribution < -0.4 is 10.7 Å². The number of aromatic nitrogens is 1. The van der Waals surface area contributed by atoms with Gasteiger partial charge in [-0.15, -0.1) is 0 Å². The smallest absolute Gasteiger partial charge is 0.417 e. The fourth-order valence-electron chi connectivity index (χ4n) is 4.52. The van der Waals surface area contributed by atoms with Gasteiger partial charge in [-0.05, 0) is 18.2 Å². The topological polar surface area (TPSA) is 105 Å². The standard InChI is InChI=1S/C23H18ClF3N4O5/c1-30-17(13-10-35-15-5-3-2-4-12(15)18(13)32)16-19(36-30)22(34)31(21(16)33)7-6-28-20-14(24)8-11(9-29-20)23(25,26)27/h2-5,8-10,16-17,19H,6-7H2,1H3,(H,28,29)/t16-,17-,19-/m1/s1. The van der Waals surface area contributed by atoms with Gasteiger partial charge in [-0.1, -0.05) is 23.7 Å². The zero-order chi connectivity index (χ0) is 25.8. The minimum Gasteiger partial charge on any atom is -0.464 e. The molecule has 36 heavy (non-hydrogen) atoms. The summed E-state index contributed by atoms with van der Waals surface area (Å²) in [6.07, 6.45) is -3.80. The predicted octanol–water partition coefficient (Wildman–Crippen LogP) is 3.24. The zero-order valence-electron chi connectivity index (χ0n) is 18.6. The van der Waals surface area contributed by atoms with Crippen molar-refractivity contribution < 1.29 is 32.0 Å². The summed E-state index contributed by atoms with van der Waals surface area (Å²) in [5, 5.41) is 4.13. The second-order valence-electron chi connectivity index (χ2n) is 8.37. The summed E-state index contributed by atoms with van der Waals surface area (Å²) in [5.74, 6) is -2.12. The molecule has 3 atom stereocenters. The second-order valence-corrected chi connectivity index (χ2v) is 8.77. The van der Waals surface area contributed by atoms with Gasteiger partial charge in [-0.3, -0.25) is 24.1 Å². The largest absolute Gasteiger partial charge is 0.464 e. The van der Waals surface area contributed by atoms with E-state index in [1.54, 1.807) is 24.3 Å². The summed E-state index contributed by atoms with van der Waals surface area (Å²) in [5.41, 5.74) is -0.755. The van der Waals surface area contributed by atoms with Gasteiger partial charge in [0.1, 0.15) is 11.4 Å². The molecule has 4 heterocycles. The normalized spacial score (nSPS) is 22.5. The number of hydroxylamine groups is 2. The number of anilines is 1. The Labute approximate surface area is 206 Å². The van der Waals surface area contributed by atoms with E-state index >= 15 is 0 Å². The molecule has 1 aromatic carbocycles. The van der Waals surface area contributed by atoms with Crippen LogP contribution in [0.3, 0.4) is 0 Å². The van der Waals surface area contributed by atoms with E-state index in [1.807, 2.05) is 0 Å². The van der Waals surface area contributed by atoms with Crippen LogP contribution in [-0.4, -0.2) is 53.0 Å². The molecule has 2 amide bonds. The Hall–Kier alpha value is -3.48. The molecule has 0 saturated carbocycles. The highest BCUT2D eigenvalue weighted by Gasteiger charge is 2.59. The average molecular weight is 523 g/mol. The Morgan fingerprint density at radius 2 is 1.92 bits per heavy atom. The predicted molar refractivity (Wildman–Crippen MR) is 121 cm³/mol. The number of carbonyl (C=O) groups excluding carboxylic acids is 2. The molecule has 13 heteroatoms. The number of amides is 2. The van der Waals surface area contributed by atoms with Crippen LogP contribution in [0.1, 0.15) is 17.2 Å². The summed E-state index contributed by atoms with van der Waals surface area (Å²) in [6, 6.07) is 6.56. The zero-order valence-corrected chi connectivity index (χ0v) is 19.3. The number of hydrogen-bond acceptors (Lipinski definition) is 8. The number of pyridine rings is 1. The highest BCUT2D eigenvalue weighted by atomic mass is 35.5. The third-order valence-corrected chi connectivity index (χ3v) is 6.51. The maximum Gasteiger partial charge on any atom is 0.417 e. The summed E-state index contributed by atoms with van der Waals surface area (Å²) in [7, 11) is 1.53. The molecule has 2 aromatic heterocycles. The Kier molecular flexibility index (Phi) is 5.97. The average Bonchev–Trinajstić information content (AvgIpc) is 3.28. The van der Waals surface area contributed by atoms with Crippen LogP contribution in [0.2, 0.25) is 5.02 Å². The molecule has 0 aliphatic carbocycles. The van der Waals surface area contributed by atoms with Crippen LogP contribution in [0.15, 0.2) is 52.0 Å². The van der Waals surface area contributed by atoms with Gasteiger partial charge in [-0.25, -0.2) is 4.98 Å². The van der Waals surface area contributed by atoms with Crippen LogP contribution in [-0.2, 0) is 20.6 Å². The molecule has 2 saturated heterocycles. The van der Waals surface area contributed by atoms with Gasteiger partial charge < -0.3 is 9.73 Å². The number of benzene rings is 1. The first-order valence-corrected chi connectivity index (χ1v) is 11.2. The Morgan fingerprint density at radius 3 is 2.64 bits per heavy atom. The maximum atomic E-state index is 13.2. The molecule has 0 spiro atoms. The SMILES string of the molecule is CN1O[C@H]2C(=O)N(CCNc3ncc(C(F)(F)F)cc3Cl)C(=O)[C@@H]2[C@H]1c1coc2ccccc2c1=O. The minimum absolute atomic E-state index is 0.0202. The Bertz CT molecular complexity index is 1430. The van der Waals surface area contributed by atoms with E-state index in [-0.39, 0.29) is 34.9 Å². The van der Waals surface area contributed by atoms with Gasteiger partial charge in [0.05, 0.1) is 39.8 Å². The fourth-order valence-corrected chi connectivity index (χ4v) is 4.76. The number of para-hydroxylation sites is 1. The first kappa shape index (κ1) is 24.2. The number of fused-ring (bicyclic) bond motifs is 2. The summed E-state index contributed by atoms with van der Waals surface area (Å²) in [4.78, 5) is 49.6. The molecule has 9 nitrogen and oxygen atoms in total. The van der Waals surface area contributed by atoms with Crippen molar-refractivity contribution in [3.05, 3.63) is 69.2 Å². The van der Waals surface area contributed by atoms with E-state index < -0.39 is 41.6 Å². The lowest BCUT2D eigenvalue weighted by Gasteiger charge is -2.23. The van der Waals surface area contributed by atoms with Crippen molar-refractivity contribution in [3.63, 3.8) is 0 Å². The quantitative estimate of drug-likeness (QED) is 0.509. The Morgan fingerprint density at radius 1 is 1.17 bits per heavy atom. The van der Waals surface area contributed by atoms with Crippen molar-refractivity contribution in [1.29, 1.82) is 0 Å². The number of likely N-dealkylation sites (tertiary alicyclic amines) is 1. The van der Waals surface area contributed by atoms with E-state index in [1.165, 1.54) is 18.4 Å². The van der Waals surface area contributed by atoms with Crippen molar-refractivity contribution in [2.75, 3.05) is 25.5 Å². The van der Waals surface area contributed by atoms with Crippen LogP contribution in [0.4, 0.5) is 19.0 Å². The summed E-state index contributed by atoms with van der Waals surface area (Å²) < 4.78 is 44.0. The fraction of sp³-hybridized carbons (Fsp3) is 0.304. The van der Waals surface area contributed by atoms with Gasteiger partial charge in [0.25, 0.3) is 5.91 Å². The van der Waals surface area contributed by atoms with Crippen molar-refractivity contribution in [2.45, 2.75) is 18.3 Å². The minimum atomic E-state index is -4.59. The Balaban J connectivity index is 1.33.